The van der Waals surface area contributed by atoms with Gasteiger partial charge in [0.2, 0.25) is 5.95 Å². The van der Waals surface area contributed by atoms with Gasteiger partial charge in [-0.1, -0.05) is 6.07 Å². The quantitative estimate of drug-likeness (QED) is 0.864. The zero-order chi connectivity index (χ0) is 15.0. The van der Waals surface area contributed by atoms with Crippen LogP contribution in [0.25, 0.3) is 0 Å². The SMILES string of the molecule is Nc1ncc2c(n1)CN(C(=O)c1c(F)cccc1F)CC2. The Morgan fingerprint density at radius 3 is 2.71 bits per heavy atom. The average molecular weight is 290 g/mol. The van der Waals surface area contributed by atoms with Gasteiger partial charge in [0.25, 0.3) is 5.91 Å². The number of nitrogens with zero attached hydrogens (tertiary/aromatic N) is 3. The van der Waals surface area contributed by atoms with E-state index >= 15 is 0 Å². The first-order chi connectivity index (χ1) is 10.1. The van der Waals surface area contributed by atoms with Crippen LogP contribution in [-0.4, -0.2) is 27.3 Å². The number of aromatic nitrogens is 2. The van der Waals surface area contributed by atoms with Crippen molar-refractivity contribution in [2.75, 3.05) is 12.3 Å². The Balaban J connectivity index is 1.91. The van der Waals surface area contributed by atoms with E-state index in [1.165, 1.54) is 11.0 Å². The predicted octanol–water partition coefficient (Wildman–Crippen LogP) is 1.54. The van der Waals surface area contributed by atoms with E-state index in [1.807, 2.05) is 0 Å². The van der Waals surface area contributed by atoms with Gasteiger partial charge in [0.05, 0.1) is 12.2 Å². The first-order valence-corrected chi connectivity index (χ1v) is 6.40. The summed E-state index contributed by atoms with van der Waals surface area (Å²) in [4.78, 5) is 21.6. The number of carbonyl (C=O) groups excluding carboxylic acids is 1. The van der Waals surface area contributed by atoms with Crippen LogP contribution >= 0.6 is 0 Å². The van der Waals surface area contributed by atoms with Gasteiger partial charge in [-0.25, -0.2) is 18.7 Å². The van der Waals surface area contributed by atoms with E-state index in [-0.39, 0.29) is 12.5 Å². The Labute approximate surface area is 119 Å². The van der Waals surface area contributed by atoms with E-state index in [0.29, 0.717) is 18.7 Å². The standard InChI is InChI=1S/C14H12F2N4O/c15-9-2-1-3-10(16)12(9)13(21)20-5-4-8-6-18-14(17)19-11(8)7-20/h1-3,6H,4-5,7H2,(H2,17,18,19). The molecule has 7 heteroatoms. The second-order valence-electron chi connectivity index (χ2n) is 4.77. The summed E-state index contributed by atoms with van der Waals surface area (Å²) in [5.41, 5.74) is 6.48. The van der Waals surface area contributed by atoms with Crippen molar-refractivity contribution in [1.82, 2.24) is 14.9 Å². The lowest BCUT2D eigenvalue weighted by Crippen LogP contribution is -2.37. The number of nitrogens with two attached hydrogens (primary N) is 1. The molecular formula is C14H12F2N4O. The van der Waals surface area contributed by atoms with E-state index in [1.54, 1.807) is 6.20 Å². The lowest BCUT2D eigenvalue weighted by Gasteiger charge is -2.28. The molecule has 0 fully saturated rings. The first-order valence-electron chi connectivity index (χ1n) is 6.40. The minimum absolute atomic E-state index is 0.111. The Bertz CT molecular complexity index is 700. The summed E-state index contributed by atoms with van der Waals surface area (Å²) >= 11 is 0. The zero-order valence-corrected chi connectivity index (χ0v) is 11.0. The Kier molecular flexibility index (Phi) is 3.25. The molecule has 0 bridgehead atoms. The number of benzene rings is 1. The van der Waals surface area contributed by atoms with Gasteiger partial charge >= 0.3 is 0 Å². The highest BCUT2D eigenvalue weighted by Crippen LogP contribution is 2.21. The molecule has 21 heavy (non-hydrogen) atoms. The maximum atomic E-state index is 13.7. The summed E-state index contributed by atoms with van der Waals surface area (Å²) in [6.45, 7) is 0.515. The summed E-state index contributed by atoms with van der Waals surface area (Å²) in [5, 5.41) is 0. The molecule has 0 spiro atoms. The van der Waals surface area contributed by atoms with Crippen LogP contribution in [0.2, 0.25) is 0 Å². The van der Waals surface area contributed by atoms with Crippen LogP contribution in [-0.2, 0) is 13.0 Å². The molecule has 0 saturated carbocycles. The third-order valence-electron chi connectivity index (χ3n) is 3.43. The van der Waals surface area contributed by atoms with Crippen molar-refractivity contribution in [2.45, 2.75) is 13.0 Å². The number of hydrogen-bond acceptors (Lipinski definition) is 4. The fourth-order valence-corrected chi connectivity index (χ4v) is 2.35. The highest BCUT2D eigenvalue weighted by atomic mass is 19.1. The van der Waals surface area contributed by atoms with Crippen molar-refractivity contribution < 1.29 is 13.6 Å². The molecule has 0 unspecified atom stereocenters. The number of amides is 1. The predicted molar refractivity (Wildman–Crippen MR) is 71.2 cm³/mol. The van der Waals surface area contributed by atoms with E-state index < -0.39 is 23.1 Å². The number of nitrogen functional groups attached to an aromatic ring is 1. The van der Waals surface area contributed by atoms with Crippen molar-refractivity contribution in [2.24, 2.45) is 0 Å². The molecule has 1 aromatic heterocycles. The van der Waals surface area contributed by atoms with Crippen LogP contribution in [0.15, 0.2) is 24.4 Å². The third kappa shape index (κ3) is 2.42. The van der Waals surface area contributed by atoms with Gasteiger partial charge in [0, 0.05) is 12.7 Å². The lowest BCUT2D eigenvalue weighted by molar-refractivity contribution is 0.0722. The maximum Gasteiger partial charge on any atom is 0.260 e. The third-order valence-corrected chi connectivity index (χ3v) is 3.43. The van der Waals surface area contributed by atoms with Crippen LogP contribution in [0, 0.1) is 11.6 Å². The maximum absolute atomic E-state index is 13.7. The van der Waals surface area contributed by atoms with Crippen LogP contribution in [0.3, 0.4) is 0 Å². The Morgan fingerprint density at radius 2 is 2.00 bits per heavy atom. The molecule has 0 radical (unpaired) electrons. The molecule has 0 aliphatic carbocycles. The van der Waals surface area contributed by atoms with Gasteiger partial charge in [-0.15, -0.1) is 0 Å². The minimum Gasteiger partial charge on any atom is -0.368 e. The minimum atomic E-state index is -0.868. The number of hydrogen-bond donors (Lipinski definition) is 1. The molecule has 2 heterocycles. The van der Waals surface area contributed by atoms with Crippen LogP contribution < -0.4 is 5.73 Å². The zero-order valence-electron chi connectivity index (χ0n) is 11.0. The molecule has 1 aliphatic heterocycles. The van der Waals surface area contributed by atoms with Crippen molar-refractivity contribution in [3.8, 4) is 0 Å². The average Bonchev–Trinajstić information content (AvgIpc) is 2.46. The number of halogens is 2. The summed E-state index contributed by atoms with van der Waals surface area (Å²) < 4.78 is 27.4. The van der Waals surface area contributed by atoms with E-state index in [4.69, 9.17) is 5.73 Å². The molecule has 2 N–H and O–H groups in total. The fourth-order valence-electron chi connectivity index (χ4n) is 2.35. The van der Waals surface area contributed by atoms with Crippen molar-refractivity contribution in [3.63, 3.8) is 0 Å². The van der Waals surface area contributed by atoms with Gasteiger partial charge in [-0.2, -0.15) is 0 Å². The van der Waals surface area contributed by atoms with Gasteiger partial charge < -0.3 is 10.6 Å². The van der Waals surface area contributed by atoms with E-state index in [9.17, 15) is 13.6 Å². The van der Waals surface area contributed by atoms with E-state index in [0.717, 1.165) is 17.7 Å². The van der Waals surface area contributed by atoms with Crippen molar-refractivity contribution in [3.05, 3.63) is 52.9 Å². The lowest BCUT2D eigenvalue weighted by atomic mass is 10.1. The summed E-state index contributed by atoms with van der Waals surface area (Å²) in [6.07, 6.45) is 2.14. The molecule has 1 amide bonds. The summed E-state index contributed by atoms with van der Waals surface area (Å²) in [7, 11) is 0. The molecule has 1 aromatic carbocycles. The first kappa shape index (κ1) is 13.4. The van der Waals surface area contributed by atoms with Gasteiger partial charge in [-0.05, 0) is 24.1 Å². The second kappa shape index (κ2) is 5.08. The molecular weight excluding hydrogens is 278 g/mol. The van der Waals surface area contributed by atoms with Crippen molar-refractivity contribution in [1.29, 1.82) is 0 Å². The summed E-state index contributed by atoms with van der Waals surface area (Å²) in [6, 6.07) is 3.35. The van der Waals surface area contributed by atoms with Gasteiger partial charge in [-0.3, -0.25) is 4.79 Å². The largest absolute Gasteiger partial charge is 0.368 e. The molecule has 1 aliphatic rings. The number of carbonyl (C=O) groups is 1. The van der Waals surface area contributed by atoms with Crippen LogP contribution in [0.5, 0.6) is 0 Å². The number of anilines is 1. The second-order valence-corrected chi connectivity index (χ2v) is 4.77. The summed E-state index contributed by atoms with van der Waals surface area (Å²) in [5.74, 6) is -2.31. The molecule has 5 nitrogen and oxygen atoms in total. The Hall–Kier alpha value is -2.57. The highest BCUT2D eigenvalue weighted by Gasteiger charge is 2.27. The highest BCUT2D eigenvalue weighted by molar-refractivity contribution is 5.94. The normalized spacial score (nSPS) is 13.9. The van der Waals surface area contributed by atoms with E-state index in [2.05, 4.69) is 9.97 Å². The Morgan fingerprint density at radius 1 is 1.29 bits per heavy atom. The molecule has 3 rings (SSSR count). The number of fused-ring (bicyclic) bond motifs is 1. The smallest absolute Gasteiger partial charge is 0.260 e. The topological polar surface area (TPSA) is 72.1 Å². The monoisotopic (exact) mass is 290 g/mol. The van der Waals surface area contributed by atoms with Gasteiger partial charge in [0.15, 0.2) is 0 Å². The molecule has 0 atom stereocenters. The molecule has 108 valence electrons. The van der Waals surface area contributed by atoms with Crippen molar-refractivity contribution >= 4 is 11.9 Å². The van der Waals surface area contributed by atoms with Crippen LogP contribution in [0.1, 0.15) is 21.6 Å². The number of rotatable bonds is 1. The molecule has 0 saturated heterocycles. The fraction of sp³-hybridized carbons (Fsp3) is 0.214. The van der Waals surface area contributed by atoms with Crippen LogP contribution in [0.4, 0.5) is 14.7 Å². The molecule has 2 aromatic rings. The van der Waals surface area contributed by atoms with Gasteiger partial charge in [0.1, 0.15) is 17.2 Å².